The predicted octanol–water partition coefficient (Wildman–Crippen LogP) is 7.00. The molecule has 1 aliphatic heterocycles. The van der Waals surface area contributed by atoms with E-state index in [1.54, 1.807) is 0 Å². The van der Waals surface area contributed by atoms with E-state index in [0.29, 0.717) is 25.2 Å². The van der Waals surface area contributed by atoms with E-state index in [1.807, 2.05) is 25.2 Å². The van der Waals surface area contributed by atoms with Gasteiger partial charge in [0.25, 0.3) is 0 Å². The van der Waals surface area contributed by atoms with Gasteiger partial charge in [0.05, 0.1) is 12.7 Å². The van der Waals surface area contributed by atoms with Gasteiger partial charge >= 0.3 is 5.97 Å². The molecule has 0 amide bonds. The van der Waals surface area contributed by atoms with E-state index in [9.17, 15) is 15.0 Å². The van der Waals surface area contributed by atoms with Crippen LogP contribution in [0.4, 0.5) is 0 Å². The van der Waals surface area contributed by atoms with E-state index in [4.69, 9.17) is 9.47 Å². The normalized spacial score (nSPS) is 23.5. The van der Waals surface area contributed by atoms with Crippen LogP contribution in [0.1, 0.15) is 111 Å². The second kappa shape index (κ2) is 13.5. The monoisotopic (exact) mass is 464 g/mol. The lowest BCUT2D eigenvalue weighted by Crippen LogP contribution is -2.50. The van der Waals surface area contributed by atoms with E-state index in [0.717, 1.165) is 70.6 Å². The Bertz CT molecular complexity index is 641. The van der Waals surface area contributed by atoms with Crippen molar-refractivity contribution in [2.75, 3.05) is 6.61 Å². The molecule has 190 valence electrons. The van der Waals surface area contributed by atoms with Gasteiger partial charge in [0, 0.05) is 6.42 Å². The van der Waals surface area contributed by atoms with Crippen LogP contribution in [0, 0.1) is 16.7 Å². The molecule has 0 spiro atoms. The molecule has 0 radical (unpaired) electrons. The quantitative estimate of drug-likeness (QED) is 0.214. The first-order valence-corrected chi connectivity index (χ1v) is 13.3. The maximum atomic E-state index is 13.1. The molecule has 33 heavy (non-hydrogen) atoms. The summed E-state index contributed by atoms with van der Waals surface area (Å²) in [5, 5.41) is 22.2. The summed E-state index contributed by atoms with van der Waals surface area (Å²) >= 11 is 0. The van der Waals surface area contributed by atoms with Gasteiger partial charge < -0.3 is 19.7 Å². The number of hydrogen-bond donors (Lipinski definition) is 2. The first-order valence-electron chi connectivity index (χ1n) is 13.3. The first kappa shape index (κ1) is 27.9. The Morgan fingerprint density at radius 3 is 2.39 bits per heavy atom. The fourth-order valence-corrected chi connectivity index (χ4v) is 5.41. The lowest BCUT2D eigenvalue weighted by atomic mass is 9.67. The minimum atomic E-state index is -1.45. The molecule has 1 aliphatic carbocycles. The van der Waals surface area contributed by atoms with Crippen LogP contribution >= 0.6 is 0 Å². The van der Waals surface area contributed by atoms with Gasteiger partial charge in [0.2, 0.25) is 0 Å². The van der Waals surface area contributed by atoms with Crippen molar-refractivity contribution in [1.29, 1.82) is 0 Å². The summed E-state index contributed by atoms with van der Waals surface area (Å²) in [5.41, 5.74) is -1.42. The molecule has 2 fully saturated rings. The summed E-state index contributed by atoms with van der Waals surface area (Å²) in [5.74, 6) is -0.690. The lowest BCUT2D eigenvalue weighted by Gasteiger charge is -2.42. The third kappa shape index (κ3) is 7.58. The van der Waals surface area contributed by atoms with Gasteiger partial charge in [0.1, 0.15) is 5.76 Å². The van der Waals surface area contributed by atoms with Gasteiger partial charge in [-0.2, -0.15) is 0 Å². The highest BCUT2D eigenvalue weighted by Crippen LogP contribution is 2.50. The van der Waals surface area contributed by atoms with Crippen LogP contribution in [0.2, 0.25) is 0 Å². The Balaban J connectivity index is 2.49. The molecule has 5 nitrogen and oxygen atoms in total. The molecule has 2 rings (SSSR count). The molecule has 2 N–H and O–H groups in total. The molecule has 1 unspecified atom stereocenters. The van der Waals surface area contributed by atoms with Gasteiger partial charge in [-0.1, -0.05) is 65.5 Å². The Labute approximate surface area is 201 Å². The number of aliphatic hydroxyl groups is 1. The van der Waals surface area contributed by atoms with Crippen molar-refractivity contribution in [2.45, 2.75) is 124 Å². The van der Waals surface area contributed by atoms with Gasteiger partial charge in [0.15, 0.2) is 11.7 Å². The summed E-state index contributed by atoms with van der Waals surface area (Å²) in [6.07, 6.45) is 16.0. The molecule has 1 heterocycles. The van der Waals surface area contributed by atoms with Crippen LogP contribution in [-0.4, -0.2) is 35.2 Å². The summed E-state index contributed by atoms with van der Waals surface area (Å²) < 4.78 is 12.3. The summed E-state index contributed by atoms with van der Waals surface area (Å²) in [7, 11) is 0. The molecule has 1 saturated heterocycles. The number of unbranched alkanes of at least 4 members (excludes halogenated alkanes) is 1. The molecule has 2 aliphatic rings. The first-order chi connectivity index (χ1) is 15.8. The van der Waals surface area contributed by atoms with E-state index >= 15 is 0 Å². The minimum Gasteiger partial charge on any atom is -0.480 e. The molecule has 3 atom stereocenters. The number of aliphatic hydroxyl groups excluding tert-OH is 1. The van der Waals surface area contributed by atoms with Crippen molar-refractivity contribution in [2.24, 2.45) is 16.7 Å². The highest BCUT2D eigenvalue weighted by atomic mass is 16.7. The molecule has 1 saturated carbocycles. The second-order valence-electron chi connectivity index (χ2n) is 10.7. The topological polar surface area (TPSA) is 76.0 Å². The van der Waals surface area contributed by atoms with Crippen LogP contribution in [-0.2, 0) is 14.3 Å². The molecule has 5 heteroatoms. The maximum Gasteiger partial charge on any atom is 0.320 e. The fourth-order valence-electron chi connectivity index (χ4n) is 5.41. The molecular weight excluding hydrogens is 416 g/mol. The van der Waals surface area contributed by atoms with Crippen LogP contribution in [0.3, 0.4) is 0 Å². The third-order valence-electron chi connectivity index (χ3n) is 7.49. The smallest absolute Gasteiger partial charge is 0.320 e. The molecule has 0 aromatic rings. The zero-order chi connectivity index (χ0) is 24.3. The summed E-state index contributed by atoms with van der Waals surface area (Å²) in [6, 6.07) is 0. The molecule has 0 aromatic carbocycles. The van der Waals surface area contributed by atoms with Crippen molar-refractivity contribution in [1.82, 2.24) is 0 Å². The van der Waals surface area contributed by atoms with E-state index in [2.05, 4.69) is 20.8 Å². The van der Waals surface area contributed by atoms with Gasteiger partial charge in [-0.25, -0.2) is 0 Å². The SMILES string of the molecule is CCC=CC[C@@H](O)[C@@](C(=O)O)(C(=CCC(C)(C)CCCC)OC1CCCCO1)C1CCCC1. The van der Waals surface area contributed by atoms with Crippen LogP contribution in [0.15, 0.2) is 24.0 Å². The number of allylic oxidation sites excluding steroid dienone is 2. The van der Waals surface area contributed by atoms with Gasteiger partial charge in [-0.3, -0.25) is 4.79 Å². The highest BCUT2D eigenvalue weighted by Gasteiger charge is 2.56. The lowest BCUT2D eigenvalue weighted by molar-refractivity contribution is -0.182. The summed E-state index contributed by atoms with van der Waals surface area (Å²) in [6.45, 7) is 9.32. The van der Waals surface area contributed by atoms with Crippen LogP contribution in [0.5, 0.6) is 0 Å². The second-order valence-corrected chi connectivity index (χ2v) is 10.7. The van der Waals surface area contributed by atoms with Crippen molar-refractivity contribution >= 4 is 5.97 Å². The molecule has 0 aromatic heterocycles. The largest absolute Gasteiger partial charge is 0.480 e. The Kier molecular flexibility index (Phi) is 11.4. The predicted molar refractivity (Wildman–Crippen MR) is 133 cm³/mol. The number of carboxylic acids is 1. The maximum absolute atomic E-state index is 13.1. The van der Waals surface area contributed by atoms with E-state index < -0.39 is 23.8 Å². The highest BCUT2D eigenvalue weighted by molar-refractivity contribution is 5.79. The molecule has 0 bridgehead atoms. The van der Waals surface area contributed by atoms with E-state index in [1.165, 1.54) is 0 Å². The van der Waals surface area contributed by atoms with Crippen LogP contribution < -0.4 is 0 Å². The Morgan fingerprint density at radius 1 is 1.12 bits per heavy atom. The van der Waals surface area contributed by atoms with Crippen LogP contribution in [0.25, 0.3) is 0 Å². The van der Waals surface area contributed by atoms with Gasteiger partial charge in [-0.05, 0) is 68.8 Å². The third-order valence-corrected chi connectivity index (χ3v) is 7.49. The number of ether oxygens (including phenoxy) is 2. The Hall–Kier alpha value is -1.33. The van der Waals surface area contributed by atoms with Crippen molar-refractivity contribution < 1.29 is 24.5 Å². The number of carboxylic acid groups (broad SMARTS) is 1. The van der Waals surface area contributed by atoms with Crippen molar-refractivity contribution in [3.8, 4) is 0 Å². The fraction of sp³-hybridized carbons (Fsp3) is 0.821. The van der Waals surface area contributed by atoms with Gasteiger partial charge in [-0.15, -0.1) is 0 Å². The minimum absolute atomic E-state index is 0.0328. The van der Waals surface area contributed by atoms with E-state index in [-0.39, 0.29) is 11.3 Å². The Morgan fingerprint density at radius 2 is 1.82 bits per heavy atom. The molecular formula is C28H48O5. The summed E-state index contributed by atoms with van der Waals surface area (Å²) in [4.78, 5) is 13.1. The number of carbonyl (C=O) groups is 1. The average molecular weight is 465 g/mol. The number of aliphatic carboxylic acids is 1. The standard InChI is InChI=1S/C28H48O5/c1-5-7-9-16-23(29)28(26(30)31,22-14-10-11-15-22)24(33-25-17-12-13-21-32-25)18-20-27(3,4)19-8-6-2/h7,9,18,22-23,25,29H,5-6,8,10-17,19-21H2,1-4H3,(H,30,31)/t23-,25?,28-/m1/s1. The average Bonchev–Trinajstić information content (AvgIpc) is 3.32. The number of rotatable bonds is 14. The number of hydrogen-bond acceptors (Lipinski definition) is 4. The zero-order valence-electron chi connectivity index (χ0n) is 21.5. The van der Waals surface area contributed by atoms with Crippen molar-refractivity contribution in [3.05, 3.63) is 24.0 Å². The zero-order valence-corrected chi connectivity index (χ0v) is 21.5. The van der Waals surface area contributed by atoms with Crippen molar-refractivity contribution in [3.63, 3.8) is 0 Å².